The number of nitrogens with zero attached hydrogens (tertiary/aromatic N) is 4. The van der Waals surface area contributed by atoms with Gasteiger partial charge in [-0.15, -0.1) is 10.2 Å². The van der Waals surface area contributed by atoms with E-state index in [2.05, 4.69) is 25.4 Å². The first-order valence-corrected chi connectivity index (χ1v) is 11.0. The topological polar surface area (TPSA) is 89.5 Å². The number of nitrogens with one attached hydrogen (secondary N) is 1. The third kappa shape index (κ3) is 5.68. The third-order valence-corrected chi connectivity index (χ3v) is 5.45. The molecule has 1 aliphatic rings. The molecular weight excluding hydrogens is 463 g/mol. The van der Waals surface area contributed by atoms with E-state index < -0.39 is 17.6 Å². The Morgan fingerprint density at radius 1 is 1.17 bits per heavy atom. The lowest BCUT2D eigenvalue weighted by molar-refractivity contribution is -0.137. The van der Waals surface area contributed by atoms with Crippen molar-refractivity contribution in [1.82, 2.24) is 15.2 Å². The van der Waals surface area contributed by atoms with Crippen LogP contribution in [-0.4, -0.2) is 54.0 Å². The van der Waals surface area contributed by atoms with E-state index in [1.165, 1.54) is 18.3 Å². The largest absolute Gasteiger partial charge is 0.475 e. The lowest BCUT2D eigenvalue weighted by Gasteiger charge is -2.29. The summed E-state index contributed by atoms with van der Waals surface area (Å²) >= 11 is 0. The Hall–Kier alpha value is -3.73. The number of carbonyl (C=O) groups is 1. The Morgan fingerprint density at radius 3 is 2.66 bits per heavy atom. The first-order chi connectivity index (χ1) is 16.8. The highest BCUT2D eigenvalue weighted by Crippen LogP contribution is 2.33. The van der Waals surface area contributed by atoms with E-state index in [1.807, 2.05) is 13.0 Å². The molecule has 8 nitrogen and oxygen atoms in total. The van der Waals surface area contributed by atoms with Crippen molar-refractivity contribution in [2.75, 3.05) is 43.1 Å². The molecule has 0 spiro atoms. The Balaban J connectivity index is 1.63. The smallest absolute Gasteiger partial charge is 0.416 e. The number of benzene rings is 1. The lowest BCUT2D eigenvalue weighted by Crippen LogP contribution is -2.36. The fourth-order valence-electron chi connectivity index (χ4n) is 3.67. The predicted molar refractivity (Wildman–Crippen MR) is 124 cm³/mol. The molecule has 0 unspecified atom stereocenters. The Kier molecular flexibility index (Phi) is 7.15. The summed E-state index contributed by atoms with van der Waals surface area (Å²) in [5.74, 6) is -0.266. The number of alkyl halides is 3. The maximum Gasteiger partial charge on any atom is 0.416 e. The Bertz CT molecular complexity index is 1210. The number of ether oxygens (including phenoxy) is 2. The zero-order valence-electron chi connectivity index (χ0n) is 19.2. The summed E-state index contributed by atoms with van der Waals surface area (Å²) in [6.45, 7) is 6.61. The highest BCUT2D eigenvalue weighted by molar-refractivity contribution is 6.04. The number of amides is 1. The number of carbonyl (C=O) groups excluding carboxylic acids is 1. The van der Waals surface area contributed by atoms with Gasteiger partial charge in [0.25, 0.3) is 11.8 Å². The average Bonchev–Trinajstić information content (AvgIpc) is 2.86. The van der Waals surface area contributed by atoms with Crippen LogP contribution in [0.5, 0.6) is 5.88 Å². The van der Waals surface area contributed by atoms with Crippen LogP contribution in [0.4, 0.5) is 24.5 Å². The summed E-state index contributed by atoms with van der Waals surface area (Å²) < 4.78 is 50.1. The molecule has 35 heavy (non-hydrogen) atoms. The van der Waals surface area contributed by atoms with Crippen LogP contribution in [0.3, 0.4) is 0 Å². The molecule has 3 heterocycles. The normalized spacial score (nSPS) is 14.0. The summed E-state index contributed by atoms with van der Waals surface area (Å²) in [5, 5.41) is 11.2. The molecule has 3 aromatic rings. The van der Waals surface area contributed by atoms with Crippen LogP contribution in [-0.2, 0) is 10.9 Å². The van der Waals surface area contributed by atoms with E-state index in [-0.39, 0.29) is 5.56 Å². The van der Waals surface area contributed by atoms with E-state index in [0.29, 0.717) is 61.4 Å². The number of halogens is 3. The third-order valence-electron chi connectivity index (χ3n) is 5.45. The van der Waals surface area contributed by atoms with Gasteiger partial charge in [-0.1, -0.05) is 6.07 Å². The number of pyridine rings is 1. The second kappa shape index (κ2) is 10.3. The van der Waals surface area contributed by atoms with Crippen molar-refractivity contribution in [1.29, 1.82) is 0 Å². The quantitative estimate of drug-likeness (QED) is 0.553. The first kappa shape index (κ1) is 24.4. The molecule has 4 rings (SSSR count). The van der Waals surface area contributed by atoms with E-state index in [4.69, 9.17) is 9.47 Å². The van der Waals surface area contributed by atoms with Crippen molar-refractivity contribution < 1.29 is 27.4 Å². The van der Waals surface area contributed by atoms with Crippen LogP contribution in [0.25, 0.3) is 11.3 Å². The van der Waals surface area contributed by atoms with Crippen molar-refractivity contribution in [2.24, 2.45) is 0 Å². The van der Waals surface area contributed by atoms with Crippen LogP contribution in [0.15, 0.2) is 42.6 Å². The monoisotopic (exact) mass is 487 g/mol. The Labute approximate surface area is 200 Å². The van der Waals surface area contributed by atoms with E-state index in [9.17, 15) is 18.0 Å². The second-order valence-corrected chi connectivity index (χ2v) is 7.84. The van der Waals surface area contributed by atoms with Gasteiger partial charge in [0.1, 0.15) is 5.69 Å². The SMILES string of the molecule is CCOc1nnc(-c2cc(NC(=O)c3cccc(C(F)(F)F)c3)cnc2C)cc1N1CCOCC1. The van der Waals surface area contributed by atoms with Crippen molar-refractivity contribution >= 4 is 17.3 Å². The number of hydrogen-bond acceptors (Lipinski definition) is 7. The highest BCUT2D eigenvalue weighted by Gasteiger charge is 2.31. The zero-order chi connectivity index (χ0) is 25.0. The second-order valence-electron chi connectivity index (χ2n) is 7.84. The van der Waals surface area contributed by atoms with Crippen LogP contribution < -0.4 is 15.0 Å². The molecule has 1 fully saturated rings. The maximum absolute atomic E-state index is 13.0. The highest BCUT2D eigenvalue weighted by atomic mass is 19.4. The lowest BCUT2D eigenvalue weighted by atomic mass is 10.1. The molecule has 0 atom stereocenters. The molecule has 1 amide bonds. The number of anilines is 2. The summed E-state index contributed by atoms with van der Waals surface area (Å²) in [4.78, 5) is 19.1. The minimum atomic E-state index is -4.54. The van der Waals surface area contributed by atoms with Crippen molar-refractivity contribution in [3.63, 3.8) is 0 Å². The molecule has 184 valence electrons. The van der Waals surface area contributed by atoms with Gasteiger partial charge in [-0.3, -0.25) is 9.78 Å². The molecule has 1 aromatic carbocycles. The van der Waals surface area contributed by atoms with E-state index in [1.54, 1.807) is 13.0 Å². The minimum Gasteiger partial charge on any atom is -0.475 e. The summed E-state index contributed by atoms with van der Waals surface area (Å²) in [6.07, 6.45) is -3.10. The molecule has 0 saturated carbocycles. The summed E-state index contributed by atoms with van der Waals surface area (Å²) in [6, 6.07) is 7.76. The Morgan fingerprint density at radius 2 is 1.94 bits per heavy atom. The fourth-order valence-corrected chi connectivity index (χ4v) is 3.67. The van der Waals surface area contributed by atoms with Gasteiger partial charge in [-0.05, 0) is 44.2 Å². The van der Waals surface area contributed by atoms with Crippen LogP contribution >= 0.6 is 0 Å². The zero-order valence-corrected chi connectivity index (χ0v) is 19.2. The standard InChI is InChI=1S/C24H24F3N5O3/c1-3-35-23-21(32-7-9-34-10-8-32)13-20(30-31-23)19-12-18(14-28-15(19)2)29-22(33)16-5-4-6-17(11-16)24(25,26)27/h4-6,11-14H,3,7-10H2,1-2H3,(H,29,33). The molecule has 2 aromatic heterocycles. The molecular formula is C24H24F3N5O3. The van der Waals surface area contributed by atoms with Crippen molar-refractivity contribution in [3.05, 3.63) is 59.4 Å². The maximum atomic E-state index is 13.0. The first-order valence-electron chi connectivity index (χ1n) is 11.0. The van der Waals surface area contributed by atoms with Gasteiger partial charge in [0.2, 0.25) is 0 Å². The number of rotatable bonds is 6. The number of aromatic nitrogens is 3. The van der Waals surface area contributed by atoms with Gasteiger partial charge in [0, 0.05) is 29.9 Å². The fraction of sp³-hybridized carbons (Fsp3) is 0.333. The van der Waals surface area contributed by atoms with Crippen LogP contribution in [0, 0.1) is 6.92 Å². The van der Waals surface area contributed by atoms with Gasteiger partial charge in [0.15, 0.2) is 0 Å². The van der Waals surface area contributed by atoms with Gasteiger partial charge in [0.05, 0.1) is 43.0 Å². The molecule has 1 aliphatic heterocycles. The summed E-state index contributed by atoms with van der Waals surface area (Å²) in [7, 11) is 0. The van der Waals surface area contributed by atoms with Crippen molar-refractivity contribution in [3.8, 4) is 17.1 Å². The van der Waals surface area contributed by atoms with E-state index in [0.717, 1.165) is 17.8 Å². The number of aryl methyl sites for hydroxylation is 1. The van der Waals surface area contributed by atoms with Gasteiger partial charge in [-0.25, -0.2) is 0 Å². The van der Waals surface area contributed by atoms with Gasteiger partial charge >= 0.3 is 6.18 Å². The average molecular weight is 487 g/mol. The minimum absolute atomic E-state index is 0.114. The molecule has 0 radical (unpaired) electrons. The van der Waals surface area contributed by atoms with Gasteiger partial charge in [-0.2, -0.15) is 13.2 Å². The predicted octanol–water partition coefficient (Wildman–Crippen LogP) is 4.35. The summed E-state index contributed by atoms with van der Waals surface area (Å²) in [5.41, 5.74) is 1.88. The van der Waals surface area contributed by atoms with Crippen LogP contribution in [0.1, 0.15) is 28.5 Å². The molecule has 1 saturated heterocycles. The molecule has 0 aliphatic carbocycles. The van der Waals surface area contributed by atoms with E-state index >= 15 is 0 Å². The molecule has 1 N–H and O–H groups in total. The van der Waals surface area contributed by atoms with Crippen LogP contribution in [0.2, 0.25) is 0 Å². The number of morpholine rings is 1. The van der Waals surface area contributed by atoms with Gasteiger partial charge < -0.3 is 19.7 Å². The van der Waals surface area contributed by atoms with Crippen molar-refractivity contribution in [2.45, 2.75) is 20.0 Å². The molecule has 11 heteroatoms. The molecule has 0 bridgehead atoms. The number of hydrogen-bond donors (Lipinski definition) is 1.